The van der Waals surface area contributed by atoms with E-state index in [4.69, 9.17) is 0 Å². The summed E-state index contributed by atoms with van der Waals surface area (Å²) in [6.07, 6.45) is 7.69. The van der Waals surface area contributed by atoms with E-state index in [0.717, 1.165) is 44.7 Å². The van der Waals surface area contributed by atoms with Gasteiger partial charge in [-0.25, -0.2) is 0 Å². The molecule has 4 rings (SSSR count). The van der Waals surface area contributed by atoms with Gasteiger partial charge in [0.15, 0.2) is 0 Å². The van der Waals surface area contributed by atoms with E-state index in [1.165, 1.54) is 30.5 Å². The average Bonchev–Trinajstić information content (AvgIpc) is 3.50. The number of benzene rings is 1. The van der Waals surface area contributed by atoms with Crippen molar-refractivity contribution < 1.29 is 15.0 Å². The summed E-state index contributed by atoms with van der Waals surface area (Å²) in [4.78, 5) is 14.2. The number of phenolic OH excluding ortho intramolecular Hbond substituents is 1. The Morgan fingerprint density at radius 2 is 2.06 bits per heavy atom. The molecule has 1 saturated heterocycles. The third kappa shape index (κ3) is 4.78. The number of aliphatic carboxylic acids is 1. The molecule has 2 bridgehead atoms. The minimum atomic E-state index is -0.744. The molecule has 0 amide bonds. The SMILES string of the molecule is CC(C)C[C@H](NCCCC[C@@]12CN(CC3CC3)[C@H](Cc3ccc(O)cc31)[C@@H]2C)C(=O)O. The first-order valence-electron chi connectivity index (χ1n) is 12.3. The summed E-state index contributed by atoms with van der Waals surface area (Å²) in [5, 5.41) is 23.0. The normalized spacial score (nSPS) is 28.6. The van der Waals surface area contributed by atoms with Gasteiger partial charge in [-0.1, -0.05) is 33.3 Å². The van der Waals surface area contributed by atoms with Crippen LogP contribution in [0.5, 0.6) is 5.75 Å². The van der Waals surface area contributed by atoms with Crippen molar-refractivity contribution in [3.05, 3.63) is 29.3 Å². The predicted octanol–water partition coefficient (Wildman–Crippen LogP) is 4.18. The molecular formula is C26H40N2O3. The van der Waals surface area contributed by atoms with Crippen LogP contribution < -0.4 is 5.32 Å². The Morgan fingerprint density at radius 1 is 1.29 bits per heavy atom. The Labute approximate surface area is 187 Å². The van der Waals surface area contributed by atoms with Crippen LogP contribution in [-0.2, 0) is 16.6 Å². The van der Waals surface area contributed by atoms with Crippen molar-refractivity contribution in [2.45, 2.75) is 83.2 Å². The minimum absolute atomic E-state index is 0.107. The van der Waals surface area contributed by atoms with Crippen molar-refractivity contribution in [1.29, 1.82) is 0 Å². The zero-order valence-corrected chi connectivity index (χ0v) is 19.4. The number of carboxylic acids is 1. The fraction of sp³-hybridized carbons (Fsp3) is 0.731. The predicted molar refractivity (Wildman–Crippen MR) is 123 cm³/mol. The van der Waals surface area contributed by atoms with Gasteiger partial charge in [-0.05, 0) is 86.1 Å². The fourth-order valence-electron chi connectivity index (χ4n) is 6.23. The summed E-state index contributed by atoms with van der Waals surface area (Å²) in [7, 11) is 0. The molecule has 1 heterocycles. The monoisotopic (exact) mass is 428 g/mol. The molecule has 5 nitrogen and oxygen atoms in total. The fourth-order valence-corrected chi connectivity index (χ4v) is 6.23. The number of unbranched alkanes of at least 4 members (excludes halogenated alkanes) is 1. The summed E-state index contributed by atoms with van der Waals surface area (Å²) >= 11 is 0. The van der Waals surface area contributed by atoms with Crippen LogP contribution in [0.1, 0.15) is 70.4 Å². The molecule has 5 heteroatoms. The maximum Gasteiger partial charge on any atom is 0.320 e. The van der Waals surface area contributed by atoms with Crippen molar-refractivity contribution in [3.8, 4) is 5.75 Å². The van der Waals surface area contributed by atoms with Crippen molar-refractivity contribution in [2.75, 3.05) is 19.6 Å². The molecule has 0 aromatic heterocycles. The molecular weight excluding hydrogens is 388 g/mol. The molecule has 2 aliphatic carbocycles. The number of aromatic hydroxyl groups is 1. The highest BCUT2D eigenvalue weighted by molar-refractivity contribution is 5.73. The van der Waals surface area contributed by atoms with Crippen LogP contribution in [0, 0.1) is 17.8 Å². The van der Waals surface area contributed by atoms with Gasteiger partial charge in [-0.3, -0.25) is 9.69 Å². The van der Waals surface area contributed by atoms with E-state index in [-0.39, 0.29) is 5.41 Å². The quantitative estimate of drug-likeness (QED) is 0.461. The zero-order chi connectivity index (χ0) is 22.2. The maximum absolute atomic E-state index is 11.5. The van der Waals surface area contributed by atoms with Gasteiger partial charge < -0.3 is 15.5 Å². The van der Waals surface area contributed by atoms with Gasteiger partial charge in [-0.2, -0.15) is 0 Å². The molecule has 31 heavy (non-hydrogen) atoms. The number of likely N-dealkylation sites (tertiary alicyclic amines) is 1. The maximum atomic E-state index is 11.5. The van der Waals surface area contributed by atoms with Gasteiger partial charge in [0, 0.05) is 24.5 Å². The van der Waals surface area contributed by atoms with E-state index in [9.17, 15) is 15.0 Å². The number of carboxylic acid groups (broad SMARTS) is 1. The summed E-state index contributed by atoms with van der Waals surface area (Å²) in [5.41, 5.74) is 2.89. The van der Waals surface area contributed by atoms with Crippen LogP contribution in [0.2, 0.25) is 0 Å². The lowest BCUT2D eigenvalue weighted by atomic mass is 9.63. The van der Waals surface area contributed by atoms with Crippen LogP contribution in [0.25, 0.3) is 0 Å². The number of hydrogen-bond acceptors (Lipinski definition) is 4. The Morgan fingerprint density at radius 3 is 2.74 bits per heavy atom. The molecule has 1 aromatic carbocycles. The first-order chi connectivity index (χ1) is 14.8. The molecule has 1 aliphatic heterocycles. The number of hydrogen-bond donors (Lipinski definition) is 3. The minimum Gasteiger partial charge on any atom is -0.508 e. The first-order valence-corrected chi connectivity index (χ1v) is 12.3. The smallest absolute Gasteiger partial charge is 0.320 e. The lowest BCUT2D eigenvalue weighted by Gasteiger charge is -2.40. The molecule has 3 N–H and O–H groups in total. The molecule has 0 spiro atoms. The van der Waals surface area contributed by atoms with Crippen LogP contribution in [0.4, 0.5) is 0 Å². The summed E-state index contributed by atoms with van der Waals surface area (Å²) in [5.74, 6) is 1.48. The average molecular weight is 429 g/mol. The van der Waals surface area contributed by atoms with E-state index < -0.39 is 12.0 Å². The van der Waals surface area contributed by atoms with Crippen LogP contribution >= 0.6 is 0 Å². The highest BCUT2D eigenvalue weighted by atomic mass is 16.4. The third-order valence-corrected chi connectivity index (χ3v) is 8.10. The Bertz CT molecular complexity index is 791. The topological polar surface area (TPSA) is 72.8 Å². The molecule has 2 fully saturated rings. The largest absolute Gasteiger partial charge is 0.508 e. The molecule has 1 saturated carbocycles. The summed E-state index contributed by atoms with van der Waals surface area (Å²) < 4.78 is 0. The second-order valence-electron chi connectivity index (χ2n) is 10.9. The molecule has 0 unspecified atom stereocenters. The van der Waals surface area contributed by atoms with Crippen molar-refractivity contribution in [1.82, 2.24) is 10.2 Å². The van der Waals surface area contributed by atoms with E-state index in [0.29, 0.717) is 30.0 Å². The zero-order valence-electron chi connectivity index (χ0n) is 19.4. The van der Waals surface area contributed by atoms with Crippen LogP contribution in [0.3, 0.4) is 0 Å². The summed E-state index contributed by atoms with van der Waals surface area (Å²) in [6.45, 7) is 9.64. The van der Waals surface area contributed by atoms with Gasteiger partial charge in [0.1, 0.15) is 11.8 Å². The van der Waals surface area contributed by atoms with Gasteiger partial charge >= 0.3 is 5.97 Å². The van der Waals surface area contributed by atoms with E-state index in [1.54, 1.807) is 0 Å². The number of fused-ring (bicyclic) bond motifs is 4. The Kier molecular flexibility index (Phi) is 6.64. The molecule has 3 aliphatic rings. The van der Waals surface area contributed by atoms with Gasteiger partial charge in [0.05, 0.1) is 0 Å². The van der Waals surface area contributed by atoms with E-state index in [2.05, 4.69) is 37.1 Å². The van der Waals surface area contributed by atoms with Crippen LogP contribution in [0.15, 0.2) is 18.2 Å². The third-order valence-electron chi connectivity index (χ3n) is 8.10. The van der Waals surface area contributed by atoms with Crippen LogP contribution in [-0.4, -0.2) is 52.8 Å². The highest BCUT2D eigenvalue weighted by Crippen LogP contribution is 2.53. The van der Waals surface area contributed by atoms with Gasteiger partial charge in [0.2, 0.25) is 0 Å². The first kappa shape index (κ1) is 22.6. The molecule has 1 aromatic rings. The number of rotatable bonds is 11. The lowest BCUT2D eigenvalue weighted by molar-refractivity contribution is -0.139. The molecule has 172 valence electrons. The van der Waals surface area contributed by atoms with Gasteiger partial charge in [-0.15, -0.1) is 0 Å². The van der Waals surface area contributed by atoms with Crippen molar-refractivity contribution in [3.63, 3.8) is 0 Å². The van der Waals surface area contributed by atoms with Crippen molar-refractivity contribution in [2.24, 2.45) is 17.8 Å². The number of carbonyl (C=O) groups is 1. The summed E-state index contributed by atoms with van der Waals surface area (Å²) in [6, 6.07) is 6.18. The second-order valence-corrected chi connectivity index (χ2v) is 10.9. The van der Waals surface area contributed by atoms with E-state index >= 15 is 0 Å². The standard InChI is InChI=1S/C26H40N2O3/c1-17(2)12-23(25(30)31)27-11-5-4-10-26-16-28(15-19-6-7-19)24(18(26)3)13-20-8-9-21(29)14-22(20)26/h8-9,14,17-19,23-24,27,29H,4-7,10-13,15-16H2,1-3H3,(H,30,31)/t18-,23-,24+,26-/m0/s1. The number of nitrogens with one attached hydrogen (secondary N) is 1. The molecule has 0 radical (unpaired) electrons. The lowest BCUT2D eigenvalue weighted by Crippen LogP contribution is -2.41. The molecule has 4 atom stereocenters. The number of nitrogens with zero attached hydrogens (tertiary/aromatic N) is 1. The number of phenols is 1. The highest BCUT2D eigenvalue weighted by Gasteiger charge is 2.54. The van der Waals surface area contributed by atoms with E-state index in [1.807, 2.05) is 12.1 Å². The Balaban J connectivity index is 1.42. The Hall–Kier alpha value is -1.59. The van der Waals surface area contributed by atoms with Crippen molar-refractivity contribution >= 4 is 5.97 Å². The van der Waals surface area contributed by atoms with Gasteiger partial charge in [0.25, 0.3) is 0 Å². The second kappa shape index (κ2) is 9.11.